The third kappa shape index (κ3) is 3.49. The number of methoxy groups -OCH3 is 1. The van der Waals surface area contributed by atoms with Gasteiger partial charge in [0.2, 0.25) is 0 Å². The van der Waals surface area contributed by atoms with Crippen LogP contribution in [0.3, 0.4) is 0 Å². The summed E-state index contributed by atoms with van der Waals surface area (Å²) < 4.78 is 5.30. The number of aryl methyl sites for hydroxylation is 2. The van der Waals surface area contributed by atoms with E-state index in [-0.39, 0.29) is 0 Å². The first-order chi connectivity index (χ1) is 9.92. The number of nitrogens with one attached hydrogen (secondary N) is 1. The predicted molar refractivity (Wildman–Crippen MR) is 86.1 cm³/mol. The van der Waals surface area contributed by atoms with Crippen molar-refractivity contribution in [3.8, 4) is 5.75 Å². The van der Waals surface area contributed by atoms with Gasteiger partial charge in [0.15, 0.2) is 0 Å². The van der Waals surface area contributed by atoms with E-state index in [4.69, 9.17) is 21.4 Å². The molecule has 0 saturated heterocycles. The molecule has 1 aromatic carbocycles. The zero-order valence-corrected chi connectivity index (χ0v) is 13.6. The second kappa shape index (κ2) is 6.37. The molecule has 4 nitrogen and oxygen atoms in total. The summed E-state index contributed by atoms with van der Waals surface area (Å²) in [4.78, 5) is 12.3. The molecular formula is C15H16ClNO3S. The SMILES string of the molecule is COc1cc(Cl)c(C)cc1NCc1cc(C(=O)O)sc1C. The highest BCUT2D eigenvalue weighted by molar-refractivity contribution is 7.14. The number of hydrogen-bond acceptors (Lipinski definition) is 4. The molecule has 6 heteroatoms. The van der Waals surface area contributed by atoms with Crippen LogP contribution in [0.2, 0.25) is 5.02 Å². The number of carbonyl (C=O) groups is 1. The van der Waals surface area contributed by atoms with Gasteiger partial charge in [0, 0.05) is 22.5 Å². The number of benzene rings is 1. The van der Waals surface area contributed by atoms with E-state index in [1.807, 2.05) is 19.9 Å². The quantitative estimate of drug-likeness (QED) is 0.858. The molecule has 21 heavy (non-hydrogen) atoms. The molecule has 0 spiro atoms. The first-order valence-corrected chi connectivity index (χ1v) is 7.52. The van der Waals surface area contributed by atoms with Crippen molar-refractivity contribution in [1.82, 2.24) is 0 Å². The fourth-order valence-electron chi connectivity index (χ4n) is 1.96. The summed E-state index contributed by atoms with van der Waals surface area (Å²) in [6.07, 6.45) is 0. The fourth-order valence-corrected chi connectivity index (χ4v) is 3.00. The third-order valence-electron chi connectivity index (χ3n) is 3.18. The van der Waals surface area contributed by atoms with Crippen molar-refractivity contribution in [2.45, 2.75) is 20.4 Å². The van der Waals surface area contributed by atoms with E-state index in [9.17, 15) is 4.79 Å². The van der Waals surface area contributed by atoms with E-state index in [0.717, 1.165) is 21.7 Å². The molecule has 2 N–H and O–H groups in total. The molecule has 1 aromatic heterocycles. The molecule has 0 aliphatic rings. The van der Waals surface area contributed by atoms with Crippen molar-refractivity contribution in [2.24, 2.45) is 0 Å². The van der Waals surface area contributed by atoms with E-state index < -0.39 is 5.97 Å². The zero-order valence-electron chi connectivity index (χ0n) is 12.0. The number of thiophene rings is 1. The Morgan fingerprint density at radius 1 is 1.38 bits per heavy atom. The van der Waals surface area contributed by atoms with Gasteiger partial charge in [0.25, 0.3) is 0 Å². The summed E-state index contributed by atoms with van der Waals surface area (Å²) in [6.45, 7) is 4.37. The Morgan fingerprint density at radius 2 is 2.10 bits per heavy atom. The first-order valence-electron chi connectivity index (χ1n) is 6.33. The number of ether oxygens (including phenoxy) is 1. The van der Waals surface area contributed by atoms with Crippen LogP contribution in [-0.2, 0) is 6.54 Å². The standard InChI is InChI=1S/C15H16ClNO3S/c1-8-4-12(13(20-3)6-11(8)16)17-7-10-5-14(15(18)19)21-9(10)2/h4-6,17H,7H2,1-3H3,(H,18,19). The van der Waals surface area contributed by atoms with Crippen molar-refractivity contribution in [3.05, 3.63) is 44.1 Å². The zero-order chi connectivity index (χ0) is 15.6. The lowest BCUT2D eigenvalue weighted by atomic mass is 10.2. The molecule has 1 heterocycles. The van der Waals surface area contributed by atoms with Crippen LogP contribution in [0.25, 0.3) is 0 Å². The summed E-state index contributed by atoms with van der Waals surface area (Å²) in [5.41, 5.74) is 2.75. The number of rotatable bonds is 5. The molecule has 0 aliphatic carbocycles. The maximum atomic E-state index is 11.0. The molecule has 2 rings (SSSR count). The largest absolute Gasteiger partial charge is 0.495 e. The Bertz CT molecular complexity index is 682. The van der Waals surface area contributed by atoms with E-state index in [2.05, 4.69) is 5.32 Å². The lowest BCUT2D eigenvalue weighted by molar-refractivity contribution is 0.0702. The summed E-state index contributed by atoms with van der Waals surface area (Å²) in [6, 6.07) is 5.38. The molecule has 0 bridgehead atoms. The summed E-state index contributed by atoms with van der Waals surface area (Å²) in [5.74, 6) is -0.230. The molecule has 2 aromatic rings. The van der Waals surface area contributed by atoms with E-state index in [1.54, 1.807) is 19.2 Å². The average molecular weight is 326 g/mol. The second-order valence-corrected chi connectivity index (χ2v) is 6.32. The van der Waals surface area contributed by atoms with E-state index >= 15 is 0 Å². The second-order valence-electron chi connectivity index (χ2n) is 4.65. The molecular weight excluding hydrogens is 310 g/mol. The monoisotopic (exact) mass is 325 g/mol. The van der Waals surface area contributed by atoms with Crippen molar-refractivity contribution >= 4 is 34.6 Å². The highest BCUT2D eigenvalue weighted by atomic mass is 35.5. The van der Waals surface area contributed by atoms with Gasteiger partial charge in [0.05, 0.1) is 12.8 Å². The normalized spacial score (nSPS) is 10.5. The lowest BCUT2D eigenvalue weighted by Crippen LogP contribution is -2.02. The van der Waals surface area contributed by atoms with Gasteiger partial charge >= 0.3 is 5.97 Å². The Morgan fingerprint density at radius 3 is 2.67 bits per heavy atom. The average Bonchev–Trinajstić information content (AvgIpc) is 2.81. The van der Waals surface area contributed by atoms with Gasteiger partial charge in [0.1, 0.15) is 10.6 Å². The molecule has 0 saturated carbocycles. The van der Waals surface area contributed by atoms with Gasteiger partial charge in [-0.2, -0.15) is 0 Å². The van der Waals surface area contributed by atoms with Crippen molar-refractivity contribution in [1.29, 1.82) is 0 Å². The number of hydrogen-bond donors (Lipinski definition) is 2. The van der Waals surface area contributed by atoms with Gasteiger partial charge < -0.3 is 15.2 Å². The number of anilines is 1. The molecule has 0 atom stereocenters. The van der Waals surface area contributed by atoms with Gasteiger partial charge in [-0.3, -0.25) is 0 Å². The van der Waals surface area contributed by atoms with Crippen molar-refractivity contribution in [2.75, 3.05) is 12.4 Å². The smallest absolute Gasteiger partial charge is 0.345 e. The molecule has 0 aliphatic heterocycles. The summed E-state index contributed by atoms with van der Waals surface area (Å²) in [7, 11) is 1.59. The van der Waals surface area contributed by atoms with Crippen LogP contribution in [-0.4, -0.2) is 18.2 Å². The van der Waals surface area contributed by atoms with Crippen LogP contribution in [0.5, 0.6) is 5.75 Å². The van der Waals surface area contributed by atoms with Crippen LogP contribution in [0.1, 0.15) is 25.7 Å². The number of halogens is 1. The molecule has 0 radical (unpaired) electrons. The van der Waals surface area contributed by atoms with Gasteiger partial charge in [-0.05, 0) is 37.1 Å². The Balaban J connectivity index is 2.20. The van der Waals surface area contributed by atoms with Crippen molar-refractivity contribution in [3.63, 3.8) is 0 Å². The van der Waals surface area contributed by atoms with Crippen molar-refractivity contribution < 1.29 is 14.6 Å². The van der Waals surface area contributed by atoms with Crippen LogP contribution in [0.4, 0.5) is 5.69 Å². The minimum atomic E-state index is -0.894. The van der Waals surface area contributed by atoms with Crippen LogP contribution in [0.15, 0.2) is 18.2 Å². The van der Waals surface area contributed by atoms with Crippen LogP contribution in [0, 0.1) is 13.8 Å². The molecule has 112 valence electrons. The van der Waals surface area contributed by atoms with Crippen LogP contribution < -0.4 is 10.1 Å². The minimum Gasteiger partial charge on any atom is -0.495 e. The van der Waals surface area contributed by atoms with E-state index in [1.165, 1.54) is 11.3 Å². The molecule has 0 unspecified atom stereocenters. The maximum Gasteiger partial charge on any atom is 0.345 e. The Labute approximate surface area is 132 Å². The maximum absolute atomic E-state index is 11.0. The summed E-state index contributed by atoms with van der Waals surface area (Å²) >= 11 is 7.36. The third-order valence-corrected chi connectivity index (χ3v) is 4.67. The highest BCUT2D eigenvalue weighted by Crippen LogP contribution is 2.32. The molecule has 0 amide bonds. The fraction of sp³-hybridized carbons (Fsp3) is 0.267. The van der Waals surface area contributed by atoms with Gasteiger partial charge in [-0.15, -0.1) is 11.3 Å². The van der Waals surface area contributed by atoms with E-state index in [0.29, 0.717) is 22.2 Å². The summed E-state index contributed by atoms with van der Waals surface area (Å²) in [5, 5.41) is 12.9. The highest BCUT2D eigenvalue weighted by Gasteiger charge is 2.12. The Kier molecular flexibility index (Phi) is 4.75. The van der Waals surface area contributed by atoms with Gasteiger partial charge in [-0.25, -0.2) is 4.79 Å². The first kappa shape index (κ1) is 15.7. The number of aromatic carboxylic acids is 1. The van der Waals surface area contributed by atoms with Gasteiger partial charge in [-0.1, -0.05) is 11.6 Å². The predicted octanol–water partition coefficient (Wildman–Crippen LogP) is 4.34. The minimum absolute atomic E-state index is 0.351. The Hall–Kier alpha value is -1.72. The topological polar surface area (TPSA) is 58.6 Å². The molecule has 0 fully saturated rings. The lowest BCUT2D eigenvalue weighted by Gasteiger charge is -2.13. The number of carboxylic acids is 1. The van der Waals surface area contributed by atoms with Crippen LogP contribution >= 0.6 is 22.9 Å². The number of carboxylic acid groups (broad SMARTS) is 1.